The summed E-state index contributed by atoms with van der Waals surface area (Å²) in [7, 11) is 0. The van der Waals surface area contributed by atoms with Gasteiger partial charge < -0.3 is 9.84 Å². The fourth-order valence-corrected chi connectivity index (χ4v) is 1.89. The summed E-state index contributed by atoms with van der Waals surface area (Å²) in [5.74, 6) is -0.739. The van der Waals surface area contributed by atoms with Crippen molar-refractivity contribution in [2.45, 2.75) is 6.10 Å². The minimum Gasteiger partial charge on any atom is -0.451 e. The van der Waals surface area contributed by atoms with Crippen molar-refractivity contribution in [3.63, 3.8) is 0 Å². The van der Waals surface area contributed by atoms with E-state index in [0.29, 0.717) is 21.6 Å². The van der Waals surface area contributed by atoms with Gasteiger partial charge in [-0.1, -0.05) is 24.2 Å². The molecule has 1 N–H and O–H groups in total. The number of hydrogen-bond acceptors (Lipinski definition) is 5. The van der Waals surface area contributed by atoms with Crippen molar-refractivity contribution >= 4 is 28.6 Å². The first-order valence-electron chi connectivity index (χ1n) is 5.49. The molecule has 0 saturated carbocycles. The van der Waals surface area contributed by atoms with E-state index in [9.17, 15) is 4.79 Å². The van der Waals surface area contributed by atoms with E-state index in [2.05, 4.69) is 16.5 Å². The number of aromatic nitrogens is 2. The number of ether oxygens (including phenoxy) is 1. The normalized spacial score (nSPS) is 12.1. The number of benzene rings is 1. The summed E-state index contributed by atoms with van der Waals surface area (Å²) in [6.45, 7) is 2.92. The Bertz CT molecular complexity index is 630. The molecule has 2 rings (SSSR count). The topological polar surface area (TPSA) is 72.3 Å². The second kappa shape index (κ2) is 5.77. The van der Waals surface area contributed by atoms with Crippen LogP contribution in [0, 0.1) is 0 Å². The monoisotopic (exact) mass is 278 g/mol. The molecule has 1 heterocycles. The summed E-state index contributed by atoms with van der Waals surface area (Å²) in [6.07, 6.45) is 3.79. The molecule has 0 amide bonds. The molecule has 2 aromatic rings. The number of halogens is 1. The Morgan fingerprint density at radius 2 is 2.11 bits per heavy atom. The molecule has 1 aromatic heterocycles. The van der Waals surface area contributed by atoms with Crippen LogP contribution in [-0.4, -0.2) is 27.7 Å². The molecule has 1 unspecified atom stereocenters. The third-order valence-electron chi connectivity index (χ3n) is 2.52. The molecular formula is C13H11ClN2O3. The molecule has 0 fully saturated rings. The number of carbonyl (C=O) groups excluding carboxylic acids is 1. The number of rotatable bonds is 4. The van der Waals surface area contributed by atoms with Crippen molar-refractivity contribution in [2.24, 2.45) is 0 Å². The van der Waals surface area contributed by atoms with Crippen LogP contribution in [0.1, 0.15) is 11.7 Å². The van der Waals surface area contributed by atoms with Crippen LogP contribution in [0.4, 0.5) is 0 Å². The van der Waals surface area contributed by atoms with Gasteiger partial charge in [-0.3, -0.25) is 9.97 Å². The summed E-state index contributed by atoms with van der Waals surface area (Å²) < 4.78 is 5.06. The van der Waals surface area contributed by atoms with Crippen LogP contribution in [0.25, 0.3) is 11.0 Å². The molecule has 6 heteroatoms. The molecule has 98 valence electrons. The molecule has 1 atom stereocenters. The van der Waals surface area contributed by atoms with Crippen LogP contribution >= 0.6 is 11.6 Å². The van der Waals surface area contributed by atoms with Gasteiger partial charge in [0.05, 0.1) is 10.5 Å². The van der Waals surface area contributed by atoms with E-state index >= 15 is 0 Å². The lowest BCUT2D eigenvalue weighted by atomic mass is 10.1. The summed E-state index contributed by atoms with van der Waals surface area (Å²) in [6, 6.07) is 3.34. The standard InChI is InChI=1S/C13H11ClN2O3/c1-2-10(19-11(18)7-17)8-3-4-9(14)13-12(8)15-5-6-16-13/h2-6,10,17H,1,7H2. The second-order valence-electron chi connectivity index (χ2n) is 3.69. The summed E-state index contributed by atoms with van der Waals surface area (Å²) >= 11 is 6.03. The maximum atomic E-state index is 11.2. The Labute approximate surface area is 114 Å². The van der Waals surface area contributed by atoms with Crippen molar-refractivity contribution in [3.05, 3.63) is 47.8 Å². The molecule has 0 spiro atoms. The molecule has 0 bridgehead atoms. The van der Waals surface area contributed by atoms with Crippen LogP contribution in [0.2, 0.25) is 5.02 Å². The van der Waals surface area contributed by atoms with Gasteiger partial charge in [0.15, 0.2) is 0 Å². The Kier molecular flexibility index (Phi) is 4.09. The quantitative estimate of drug-likeness (QED) is 0.684. The average molecular weight is 279 g/mol. The van der Waals surface area contributed by atoms with Crippen molar-refractivity contribution in [3.8, 4) is 0 Å². The fraction of sp³-hybridized carbons (Fsp3) is 0.154. The number of aliphatic hydroxyl groups excluding tert-OH is 1. The molecule has 0 aliphatic carbocycles. The number of esters is 1. The molecule has 0 radical (unpaired) electrons. The van der Waals surface area contributed by atoms with Gasteiger partial charge in [0.2, 0.25) is 0 Å². The van der Waals surface area contributed by atoms with E-state index in [0.717, 1.165) is 0 Å². The van der Waals surface area contributed by atoms with E-state index in [4.69, 9.17) is 21.4 Å². The van der Waals surface area contributed by atoms with Gasteiger partial charge in [0.25, 0.3) is 0 Å². The number of fused-ring (bicyclic) bond motifs is 1. The first kappa shape index (κ1) is 13.5. The van der Waals surface area contributed by atoms with Crippen LogP contribution in [-0.2, 0) is 9.53 Å². The lowest BCUT2D eigenvalue weighted by molar-refractivity contribution is -0.150. The molecule has 0 aliphatic rings. The van der Waals surface area contributed by atoms with Crippen molar-refractivity contribution in [1.29, 1.82) is 0 Å². The zero-order valence-electron chi connectivity index (χ0n) is 9.91. The lowest BCUT2D eigenvalue weighted by Crippen LogP contribution is -2.13. The SMILES string of the molecule is C=CC(OC(=O)CO)c1ccc(Cl)c2nccnc12. The van der Waals surface area contributed by atoms with Gasteiger partial charge in [-0.25, -0.2) is 4.79 Å². The Morgan fingerprint density at radius 3 is 2.74 bits per heavy atom. The predicted molar refractivity (Wildman–Crippen MR) is 70.7 cm³/mol. The van der Waals surface area contributed by atoms with E-state index < -0.39 is 18.7 Å². The number of hydrogen-bond donors (Lipinski definition) is 1. The molecule has 0 aliphatic heterocycles. The number of nitrogens with zero attached hydrogens (tertiary/aromatic N) is 2. The Hall–Kier alpha value is -1.98. The minimum absolute atomic E-state index is 0.461. The average Bonchev–Trinajstić information content (AvgIpc) is 2.45. The smallest absolute Gasteiger partial charge is 0.332 e. The Balaban J connectivity index is 2.52. The van der Waals surface area contributed by atoms with Crippen LogP contribution in [0.5, 0.6) is 0 Å². The van der Waals surface area contributed by atoms with Crippen molar-refractivity contribution in [1.82, 2.24) is 9.97 Å². The summed E-state index contributed by atoms with van der Waals surface area (Å²) in [4.78, 5) is 19.5. The highest BCUT2D eigenvalue weighted by Crippen LogP contribution is 2.29. The van der Waals surface area contributed by atoms with E-state index in [1.807, 2.05) is 0 Å². The first-order valence-corrected chi connectivity index (χ1v) is 5.87. The zero-order valence-corrected chi connectivity index (χ0v) is 10.7. The molecular weight excluding hydrogens is 268 g/mol. The van der Waals surface area contributed by atoms with Gasteiger partial charge >= 0.3 is 5.97 Å². The highest BCUT2D eigenvalue weighted by atomic mass is 35.5. The Morgan fingerprint density at radius 1 is 1.42 bits per heavy atom. The van der Waals surface area contributed by atoms with Gasteiger partial charge in [-0.2, -0.15) is 0 Å². The summed E-state index contributed by atoms with van der Waals surface area (Å²) in [5.41, 5.74) is 1.67. The number of aliphatic hydroxyl groups is 1. The minimum atomic E-state index is -0.739. The van der Waals surface area contributed by atoms with Crippen molar-refractivity contribution < 1.29 is 14.6 Å². The van der Waals surface area contributed by atoms with E-state index in [-0.39, 0.29) is 0 Å². The third-order valence-corrected chi connectivity index (χ3v) is 2.82. The van der Waals surface area contributed by atoms with Gasteiger partial charge in [-0.05, 0) is 12.1 Å². The third kappa shape index (κ3) is 2.72. The zero-order chi connectivity index (χ0) is 13.8. The van der Waals surface area contributed by atoms with Crippen molar-refractivity contribution in [2.75, 3.05) is 6.61 Å². The fourth-order valence-electron chi connectivity index (χ4n) is 1.69. The summed E-state index contributed by atoms with van der Waals surface area (Å²) in [5, 5.41) is 9.19. The molecule has 0 saturated heterocycles. The van der Waals surface area contributed by atoms with E-state index in [1.54, 1.807) is 12.1 Å². The van der Waals surface area contributed by atoms with Crippen LogP contribution < -0.4 is 0 Å². The predicted octanol–water partition coefficient (Wildman–Crippen LogP) is 2.05. The van der Waals surface area contributed by atoms with E-state index in [1.165, 1.54) is 18.5 Å². The largest absolute Gasteiger partial charge is 0.451 e. The second-order valence-corrected chi connectivity index (χ2v) is 4.10. The first-order chi connectivity index (χ1) is 9.17. The highest BCUT2D eigenvalue weighted by molar-refractivity contribution is 6.35. The van der Waals surface area contributed by atoms with Crippen LogP contribution in [0.3, 0.4) is 0 Å². The molecule has 19 heavy (non-hydrogen) atoms. The molecule has 1 aromatic carbocycles. The maximum absolute atomic E-state index is 11.2. The lowest BCUT2D eigenvalue weighted by Gasteiger charge is -2.15. The van der Waals surface area contributed by atoms with Gasteiger partial charge in [0, 0.05) is 18.0 Å². The van der Waals surface area contributed by atoms with Crippen LogP contribution in [0.15, 0.2) is 37.2 Å². The highest BCUT2D eigenvalue weighted by Gasteiger charge is 2.17. The van der Waals surface area contributed by atoms with Gasteiger partial charge in [-0.15, -0.1) is 0 Å². The maximum Gasteiger partial charge on any atom is 0.332 e. The number of carbonyl (C=O) groups is 1. The van der Waals surface area contributed by atoms with Gasteiger partial charge in [0.1, 0.15) is 18.2 Å². The molecule has 5 nitrogen and oxygen atoms in total.